The Morgan fingerprint density at radius 1 is 1.18 bits per heavy atom. The van der Waals surface area contributed by atoms with E-state index in [4.69, 9.17) is 14.2 Å². The Bertz CT molecular complexity index is 614. The van der Waals surface area contributed by atoms with Crippen LogP contribution in [0.2, 0.25) is 0 Å². The van der Waals surface area contributed by atoms with Crippen molar-refractivity contribution in [1.29, 1.82) is 0 Å². The highest BCUT2D eigenvalue weighted by atomic mass is 16.8. The highest BCUT2D eigenvalue weighted by Gasteiger charge is 2.72. The molecule has 0 aromatic heterocycles. The van der Waals surface area contributed by atoms with Gasteiger partial charge in [0.05, 0.1) is 7.11 Å². The Kier molecular flexibility index (Phi) is 3.27. The van der Waals surface area contributed by atoms with Crippen LogP contribution in [0.25, 0.3) is 0 Å². The average Bonchev–Trinajstić information content (AvgIpc) is 2.69. The molecular weight excluding hydrogens is 286 g/mol. The van der Waals surface area contributed by atoms with Gasteiger partial charge in [0.25, 0.3) is 0 Å². The van der Waals surface area contributed by atoms with Crippen LogP contribution < -0.4 is 0 Å². The molecule has 1 amide bonds. The summed E-state index contributed by atoms with van der Waals surface area (Å²) in [5, 5.41) is 0. The average molecular weight is 305 g/mol. The quantitative estimate of drug-likeness (QED) is 0.773. The number of methoxy groups -OCH3 is 1. The minimum atomic E-state index is -1.35. The molecule has 0 saturated carbocycles. The highest BCUT2D eigenvalue weighted by molar-refractivity contribution is 5.86. The van der Waals surface area contributed by atoms with Gasteiger partial charge < -0.3 is 19.1 Å². The van der Waals surface area contributed by atoms with Gasteiger partial charge in [-0.2, -0.15) is 0 Å². The summed E-state index contributed by atoms with van der Waals surface area (Å²) in [5.41, 5.74) is -1.54. The van der Waals surface area contributed by atoms with Gasteiger partial charge in [-0.05, 0) is 19.4 Å². The first-order chi connectivity index (χ1) is 10.3. The molecule has 2 aliphatic heterocycles. The summed E-state index contributed by atoms with van der Waals surface area (Å²) in [6, 6.07) is 8.51. The topological polar surface area (TPSA) is 65.1 Å². The summed E-state index contributed by atoms with van der Waals surface area (Å²) in [6.07, 6.45) is -0.641. The maximum atomic E-state index is 12.5. The first kappa shape index (κ1) is 15.0. The summed E-state index contributed by atoms with van der Waals surface area (Å²) in [7, 11) is 1.31. The van der Waals surface area contributed by atoms with Gasteiger partial charge in [0, 0.05) is 6.92 Å². The fraction of sp³-hybridized carbons (Fsp3) is 0.500. The first-order valence-corrected chi connectivity index (χ1v) is 7.14. The minimum absolute atomic E-state index is 0.176. The van der Waals surface area contributed by atoms with E-state index in [1.54, 1.807) is 30.9 Å². The molecule has 22 heavy (non-hydrogen) atoms. The normalized spacial score (nSPS) is 32.1. The smallest absolute Gasteiger partial charge is 0.345 e. The summed E-state index contributed by atoms with van der Waals surface area (Å²) in [6.45, 7) is 5.02. The Balaban J connectivity index is 2.11. The van der Waals surface area contributed by atoms with Gasteiger partial charge in [-0.1, -0.05) is 30.3 Å². The number of rotatable bonds is 2. The van der Waals surface area contributed by atoms with Gasteiger partial charge in [0.1, 0.15) is 11.8 Å². The van der Waals surface area contributed by atoms with Crippen molar-refractivity contribution in [2.45, 2.75) is 44.4 Å². The Labute approximate surface area is 128 Å². The maximum absolute atomic E-state index is 12.5. The molecule has 3 rings (SSSR count). The van der Waals surface area contributed by atoms with E-state index < -0.39 is 29.6 Å². The van der Waals surface area contributed by atoms with Crippen LogP contribution >= 0.6 is 0 Å². The number of nitrogens with zero attached hydrogens (tertiary/aromatic N) is 1. The molecule has 0 spiro atoms. The highest BCUT2D eigenvalue weighted by Crippen LogP contribution is 2.53. The molecule has 6 nitrogen and oxygen atoms in total. The van der Waals surface area contributed by atoms with Crippen LogP contribution in [-0.4, -0.2) is 41.9 Å². The number of ether oxygens (including phenoxy) is 3. The predicted octanol–water partition coefficient (Wildman–Crippen LogP) is 1.39. The van der Waals surface area contributed by atoms with Crippen LogP contribution in [0.3, 0.4) is 0 Å². The van der Waals surface area contributed by atoms with Crippen LogP contribution in [0.4, 0.5) is 0 Å². The fourth-order valence-electron chi connectivity index (χ4n) is 3.44. The zero-order valence-corrected chi connectivity index (χ0v) is 13.0. The third kappa shape index (κ3) is 1.80. The van der Waals surface area contributed by atoms with E-state index in [-0.39, 0.29) is 5.91 Å². The molecular formula is C16H19NO5. The molecule has 2 heterocycles. The van der Waals surface area contributed by atoms with Crippen molar-refractivity contribution in [3.05, 3.63) is 35.9 Å². The van der Waals surface area contributed by atoms with Gasteiger partial charge in [-0.15, -0.1) is 0 Å². The van der Waals surface area contributed by atoms with Crippen molar-refractivity contribution >= 4 is 11.9 Å². The molecule has 2 saturated heterocycles. The van der Waals surface area contributed by atoms with Crippen molar-refractivity contribution < 1.29 is 23.8 Å². The third-order valence-electron chi connectivity index (χ3n) is 4.27. The molecule has 6 heteroatoms. The lowest BCUT2D eigenvalue weighted by atomic mass is 9.80. The minimum Gasteiger partial charge on any atom is -0.467 e. The van der Waals surface area contributed by atoms with E-state index in [0.29, 0.717) is 5.56 Å². The van der Waals surface area contributed by atoms with Crippen LogP contribution in [0.15, 0.2) is 30.3 Å². The van der Waals surface area contributed by atoms with Crippen LogP contribution in [0.5, 0.6) is 0 Å². The Morgan fingerprint density at radius 3 is 2.36 bits per heavy atom. The molecule has 2 aliphatic rings. The monoisotopic (exact) mass is 305 g/mol. The largest absolute Gasteiger partial charge is 0.467 e. The molecule has 0 unspecified atom stereocenters. The fourth-order valence-corrected chi connectivity index (χ4v) is 3.44. The van der Waals surface area contributed by atoms with E-state index in [2.05, 4.69) is 0 Å². The predicted molar refractivity (Wildman–Crippen MR) is 76.5 cm³/mol. The number of carbonyl (C=O) groups is 2. The Hall–Kier alpha value is -1.92. The molecule has 1 aromatic carbocycles. The summed E-state index contributed by atoms with van der Waals surface area (Å²) in [5.74, 6) is -0.711. The number of hydrogen-bond acceptors (Lipinski definition) is 5. The molecule has 0 N–H and O–H groups in total. The number of benzene rings is 1. The van der Waals surface area contributed by atoms with Crippen molar-refractivity contribution in [3.63, 3.8) is 0 Å². The molecule has 0 radical (unpaired) electrons. The lowest BCUT2D eigenvalue weighted by molar-refractivity contribution is -0.309. The second kappa shape index (κ2) is 4.79. The second-order valence-electron chi connectivity index (χ2n) is 5.98. The lowest BCUT2D eigenvalue weighted by Crippen LogP contribution is -2.70. The standard InChI is InChI=1S/C16H19NO5/c1-10(18)17-12-13(21-15(17,2)3)22-16(12,14(19)20-4)11-8-6-5-7-9-11/h5-9,12-13H,1-4H3/t12-,13-,16+/m0/s1. The summed E-state index contributed by atoms with van der Waals surface area (Å²) >= 11 is 0. The molecule has 1 aromatic rings. The van der Waals surface area contributed by atoms with E-state index in [1.807, 2.05) is 18.2 Å². The Morgan fingerprint density at radius 2 is 1.82 bits per heavy atom. The molecule has 0 aliphatic carbocycles. The van der Waals surface area contributed by atoms with E-state index >= 15 is 0 Å². The van der Waals surface area contributed by atoms with Crippen molar-refractivity contribution in [2.24, 2.45) is 0 Å². The molecule has 2 fully saturated rings. The van der Waals surface area contributed by atoms with E-state index in [1.165, 1.54) is 14.0 Å². The summed E-state index contributed by atoms with van der Waals surface area (Å²) in [4.78, 5) is 26.2. The molecule has 3 atom stereocenters. The zero-order valence-electron chi connectivity index (χ0n) is 13.0. The van der Waals surface area contributed by atoms with Crippen molar-refractivity contribution in [2.75, 3.05) is 7.11 Å². The van der Waals surface area contributed by atoms with Gasteiger partial charge in [-0.25, -0.2) is 4.79 Å². The zero-order chi connectivity index (χ0) is 16.1. The van der Waals surface area contributed by atoms with Gasteiger partial charge in [0.2, 0.25) is 11.5 Å². The lowest BCUT2D eigenvalue weighted by Gasteiger charge is -2.50. The molecule has 118 valence electrons. The van der Waals surface area contributed by atoms with Gasteiger partial charge >= 0.3 is 5.97 Å². The van der Waals surface area contributed by atoms with Crippen molar-refractivity contribution in [1.82, 2.24) is 4.90 Å². The van der Waals surface area contributed by atoms with E-state index in [0.717, 1.165) is 0 Å². The third-order valence-corrected chi connectivity index (χ3v) is 4.27. The van der Waals surface area contributed by atoms with E-state index in [9.17, 15) is 9.59 Å². The number of fused-ring (bicyclic) bond motifs is 1. The first-order valence-electron chi connectivity index (χ1n) is 7.14. The van der Waals surface area contributed by atoms with Crippen molar-refractivity contribution in [3.8, 4) is 0 Å². The SMILES string of the molecule is COC(=O)[C@]1(c2ccccc2)O[C@@H]2OC(C)(C)N(C(C)=O)[C@@H]21. The summed E-state index contributed by atoms with van der Waals surface area (Å²) < 4.78 is 16.5. The maximum Gasteiger partial charge on any atom is 0.345 e. The van der Waals surface area contributed by atoms with Crippen LogP contribution in [0, 0.1) is 0 Å². The second-order valence-corrected chi connectivity index (χ2v) is 5.98. The number of amides is 1. The number of carbonyl (C=O) groups excluding carboxylic acids is 2. The number of esters is 1. The van der Waals surface area contributed by atoms with Gasteiger partial charge in [0.15, 0.2) is 6.29 Å². The molecule has 0 bridgehead atoms. The van der Waals surface area contributed by atoms with Gasteiger partial charge in [-0.3, -0.25) is 4.79 Å². The van der Waals surface area contributed by atoms with Crippen LogP contribution in [-0.2, 0) is 29.4 Å². The number of hydrogen-bond donors (Lipinski definition) is 0. The van der Waals surface area contributed by atoms with Crippen LogP contribution in [0.1, 0.15) is 26.3 Å².